The van der Waals surface area contributed by atoms with Crippen LogP contribution in [0.5, 0.6) is 0 Å². The van der Waals surface area contributed by atoms with E-state index >= 15 is 0 Å². The van der Waals surface area contributed by atoms with Crippen molar-refractivity contribution in [2.75, 3.05) is 11.9 Å². The molecular formula is C11H10N4S. The predicted octanol–water partition coefficient (Wildman–Crippen LogP) is 2.05. The molecule has 0 saturated heterocycles. The molecule has 0 atom stereocenters. The molecule has 80 valence electrons. The summed E-state index contributed by atoms with van der Waals surface area (Å²) in [6.45, 7) is 0.791. The van der Waals surface area contributed by atoms with Crippen LogP contribution in [-0.2, 0) is 6.54 Å². The van der Waals surface area contributed by atoms with Gasteiger partial charge in [0.2, 0.25) is 0 Å². The highest BCUT2D eigenvalue weighted by Gasteiger charge is 2.05. The average molecular weight is 230 g/mol. The Morgan fingerprint density at radius 3 is 3.06 bits per heavy atom. The van der Waals surface area contributed by atoms with Gasteiger partial charge in [0.25, 0.3) is 0 Å². The van der Waals surface area contributed by atoms with Crippen LogP contribution < -0.4 is 4.90 Å². The molecule has 16 heavy (non-hydrogen) atoms. The van der Waals surface area contributed by atoms with Crippen LogP contribution in [0.25, 0.3) is 0 Å². The van der Waals surface area contributed by atoms with Gasteiger partial charge in [-0.05, 0) is 11.4 Å². The Labute approximate surface area is 97.8 Å². The van der Waals surface area contributed by atoms with Crippen LogP contribution in [0.2, 0.25) is 0 Å². The Hall–Kier alpha value is -1.93. The Bertz CT molecular complexity index is 501. The van der Waals surface area contributed by atoms with Crippen molar-refractivity contribution in [1.82, 2.24) is 9.97 Å². The van der Waals surface area contributed by atoms with E-state index in [0.29, 0.717) is 5.69 Å². The summed E-state index contributed by atoms with van der Waals surface area (Å²) in [4.78, 5) is 11.2. The number of thiophene rings is 1. The molecule has 0 radical (unpaired) electrons. The van der Waals surface area contributed by atoms with Gasteiger partial charge in [0.05, 0.1) is 6.54 Å². The molecule has 0 aromatic carbocycles. The number of hydrogen-bond donors (Lipinski definition) is 0. The molecule has 2 heterocycles. The molecule has 0 fully saturated rings. The normalized spacial score (nSPS) is 9.75. The first kappa shape index (κ1) is 10.6. The molecule has 0 bridgehead atoms. The van der Waals surface area contributed by atoms with Crippen molar-refractivity contribution in [1.29, 1.82) is 5.26 Å². The van der Waals surface area contributed by atoms with Crippen molar-refractivity contribution in [3.05, 3.63) is 40.5 Å². The van der Waals surface area contributed by atoms with Crippen molar-refractivity contribution in [3.63, 3.8) is 0 Å². The molecule has 0 aliphatic rings. The molecule has 2 rings (SSSR count). The third kappa shape index (κ3) is 2.35. The summed E-state index contributed by atoms with van der Waals surface area (Å²) >= 11 is 1.71. The monoisotopic (exact) mass is 230 g/mol. The lowest BCUT2D eigenvalue weighted by molar-refractivity contribution is 0.902. The first-order valence-electron chi connectivity index (χ1n) is 4.75. The standard InChI is InChI=1S/C11H10N4S/c1-15(7-10-3-2-4-16-10)11-5-9(6-12)13-8-14-11/h2-5,8H,7H2,1H3. The van der Waals surface area contributed by atoms with Gasteiger partial charge >= 0.3 is 0 Å². The average Bonchev–Trinajstić information content (AvgIpc) is 2.82. The van der Waals surface area contributed by atoms with Crippen molar-refractivity contribution >= 4 is 17.2 Å². The minimum atomic E-state index is 0.392. The second kappa shape index (κ2) is 4.73. The highest BCUT2D eigenvalue weighted by Crippen LogP contribution is 2.15. The van der Waals surface area contributed by atoms with Gasteiger partial charge in [0.15, 0.2) is 0 Å². The van der Waals surface area contributed by atoms with Crippen LogP contribution in [-0.4, -0.2) is 17.0 Å². The second-order valence-electron chi connectivity index (χ2n) is 3.31. The van der Waals surface area contributed by atoms with E-state index < -0.39 is 0 Å². The molecule has 0 aliphatic heterocycles. The SMILES string of the molecule is CN(Cc1cccs1)c1cc(C#N)ncn1. The van der Waals surface area contributed by atoms with Gasteiger partial charge < -0.3 is 4.90 Å². The maximum atomic E-state index is 8.74. The van der Waals surface area contributed by atoms with Gasteiger partial charge in [-0.3, -0.25) is 0 Å². The maximum Gasteiger partial charge on any atom is 0.145 e. The molecule has 0 saturated carbocycles. The molecule has 2 aromatic rings. The summed E-state index contributed by atoms with van der Waals surface area (Å²) in [7, 11) is 1.95. The van der Waals surface area contributed by atoms with E-state index in [2.05, 4.69) is 16.0 Å². The first-order chi connectivity index (χ1) is 7.79. The molecule has 5 heteroatoms. The van der Waals surface area contributed by atoms with Crippen LogP contribution in [0.1, 0.15) is 10.6 Å². The van der Waals surface area contributed by atoms with E-state index in [0.717, 1.165) is 12.4 Å². The third-order valence-corrected chi connectivity index (χ3v) is 2.99. The summed E-state index contributed by atoms with van der Waals surface area (Å²) in [6, 6.07) is 7.79. The summed E-state index contributed by atoms with van der Waals surface area (Å²) < 4.78 is 0. The maximum absolute atomic E-state index is 8.74. The number of rotatable bonds is 3. The fourth-order valence-corrected chi connectivity index (χ4v) is 2.09. The van der Waals surface area contributed by atoms with Crippen LogP contribution in [0.15, 0.2) is 29.9 Å². The fourth-order valence-electron chi connectivity index (χ4n) is 1.33. The van der Waals surface area contributed by atoms with Gasteiger partial charge in [-0.15, -0.1) is 11.3 Å². The lowest BCUT2D eigenvalue weighted by Gasteiger charge is -2.16. The quantitative estimate of drug-likeness (QED) is 0.809. The van der Waals surface area contributed by atoms with Crippen molar-refractivity contribution in [3.8, 4) is 6.07 Å². The van der Waals surface area contributed by atoms with Gasteiger partial charge in [-0.1, -0.05) is 6.07 Å². The molecule has 2 aromatic heterocycles. The Balaban J connectivity index is 2.15. The van der Waals surface area contributed by atoms with Crippen molar-refractivity contribution in [2.45, 2.75) is 6.54 Å². The minimum absolute atomic E-state index is 0.392. The lowest BCUT2D eigenvalue weighted by atomic mass is 10.4. The third-order valence-electron chi connectivity index (χ3n) is 2.13. The Morgan fingerprint density at radius 1 is 1.50 bits per heavy atom. The number of anilines is 1. The van der Waals surface area contributed by atoms with E-state index in [1.165, 1.54) is 11.2 Å². The minimum Gasteiger partial charge on any atom is -0.354 e. The van der Waals surface area contributed by atoms with E-state index in [1.54, 1.807) is 17.4 Å². The van der Waals surface area contributed by atoms with Crippen LogP contribution >= 0.6 is 11.3 Å². The molecule has 0 N–H and O–H groups in total. The topological polar surface area (TPSA) is 52.8 Å². The molecule has 0 aliphatic carbocycles. The number of aromatic nitrogens is 2. The summed E-state index contributed by atoms with van der Waals surface area (Å²) in [5.74, 6) is 0.764. The zero-order chi connectivity index (χ0) is 11.4. The van der Waals surface area contributed by atoms with E-state index in [9.17, 15) is 0 Å². The zero-order valence-corrected chi connectivity index (χ0v) is 9.61. The van der Waals surface area contributed by atoms with Crippen molar-refractivity contribution in [2.24, 2.45) is 0 Å². The van der Waals surface area contributed by atoms with E-state index in [4.69, 9.17) is 5.26 Å². The molecule has 0 unspecified atom stereocenters. The second-order valence-corrected chi connectivity index (χ2v) is 4.34. The van der Waals surface area contributed by atoms with Crippen LogP contribution in [0.3, 0.4) is 0 Å². The fraction of sp³-hybridized carbons (Fsp3) is 0.182. The smallest absolute Gasteiger partial charge is 0.145 e. The van der Waals surface area contributed by atoms with Gasteiger partial charge in [-0.25, -0.2) is 9.97 Å². The van der Waals surface area contributed by atoms with Crippen LogP contribution in [0, 0.1) is 11.3 Å². The molecule has 0 spiro atoms. The van der Waals surface area contributed by atoms with Crippen LogP contribution in [0.4, 0.5) is 5.82 Å². The van der Waals surface area contributed by atoms with Crippen molar-refractivity contribution < 1.29 is 0 Å². The number of hydrogen-bond acceptors (Lipinski definition) is 5. The summed E-state index contributed by atoms with van der Waals surface area (Å²) in [5.41, 5.74) is 0.392. The first-order valence-corrected chi connectivity index (χ1v) is 5.63. The number of nitriles is 1. The lowest BCUT2D eigenvalue weighted by Crippen LogP contribution is -2.17. The largest absolute Gasteiger partial charge is 0.354 e. The summed E-state index contributed by atoms with van der Waals surface area (Å²) in [6.07, 6.45) is 1.42. The summed E-state index contributed by atoms with van der Waals surface area (Å²) in [5, 5.41) is 10.8. The highest BCUT2D eigenvalue weighted by molar-refractivity contribution is 7.09. The van der Waals surface area contributed by atoms with Gasteiger partial charge in [0, 0.05) is 18.0 Å². The Kier molecular flexibility index (Phi) is 3.13. The van der Waals surface area contributed by atoms with E-state index in [1.807, 2.05) is 29.5 Å². The van der Waals surface area contributed by atoms with E-state index in [-0.39, 0.29) is 0 Å². The Morgan fingerprint density at radius 2 is 2.38 bits per heavy atom. The zero-order valence-electron chi connectivity index (χ0n) is 8.79. The molecule has 4 nitrogen and oxygen atoms in total. The predicted molar refractivity (Wildman–Crippen MR) is 63.2 cm³/mol. The molecule has 0 amide bonds. The molecular weight excluding hydrogens is 220 g/mol. The number of nitrogens with zero attached hydrogens (tertiary/aromatic N) is 4. The highest BCUT2D eigenvalue weighted by atomic mass is 32.1. The van der Waals surface area contributed by atoms with Gasteiger partial charge in [0.1, 0.15) is 23.9 Å². The van der Waals surface area contributed by atoms with Gasteiger partial charge in [-0.2, -0.15) is 5.26 Å².